The summed E-state index contributed by atoms with van der Waals surface area (Å²) in [4.78, 5) is 0. The second-order valence-electron chi connectivity index (χ2n) is 3.25. The van der Waals surface area contributed by atoms with E-state index in [9.17, 15) is 18.3 Å². The molecule has 0 aliphatic carbocycles. The third-order valence-electron chi connectivity index (χ3n) is 2.24. The van der Waals surface area contributed by atoms with Crippen LogP contribution in [0.15, 0.2) is 42.2 Å². The molecule has 1 nitrogen and oxygen atoms in total. The minimum absolute atomic E-state index is 0.612. The Kier molecular flexibility index (Phi) is 3.91. The number of hydrogen-bond acceptors (Lipinski definition) is 1. The largest absolute Gasteiger partial charge is 0.385 e. The van der Waals surface area contributed by atoms with Crippen LogP contribution in [0.5, 0.6) is 0 Å². The first-order valence-electron chi connectivity index (χ1n) is 4.47. The highest BCUT2D eigenvalue weighted by atomic mass is 19.3. The van der Waals surface area contributed by atoms with Crippen molar-refractivity contribution in [3.8, 4) is 0 Å². The zero-order valence-electron chi connectivity index (χ0n) is 8.12. The first-order valence-corrected chi connectivity index (χ1v) is 4.47. The number of aliphatic hydroxyl groups excluding tert-OH is 1. The van der Waals surface area contributed by atoms with Gasteiger partial charge in [-0.15, -0.1) is 0 Å². The van der Waals surface area contributed by atoms with E-state index in [4.69, 9.17) is 0 Å². The van der Waals surface area contributed by atoms with Crippen molar-refractivity contribution in [3.63, 3.8) is 0 Å². The van der Waals surface area contributed by atoms with Crippen LogP contribution in [0.4, 0.5) is 13.2 Å². The number of rotatable bonds is 3. The molecule has 4 heteroatoms. The molecule has 1 aromatic carbocycles. The molecule has 0 saturated carbocycles. The first-order chi connectivity index (χ1) is 7.04. The Morgan fingerprint density at radius 1 is 1.13 bits per heavy atom. The predicted octanol–water partition coefficient (Wildman–Crippen LogP) is 3.23. The lowest BCUT2D eigenvalue weighted by molar-refractivity contribution is 0.146. The lowest BCUT2D eigenvalue weighted by atomic mass is 9.95. The van der Waals surface area contributed by atoms with Crippen molar-refractivity contribution in [1.29, 1.82) is 0 Å². The summed E-state index contributed by atoms with van der Waals surface area (Å²) in [6.07, 6.45) is -4.26. The van der Waals surface area contributed by atoms with Crippen molar-refractivity contribution >= 4 is 0 Å². The van der Waals surface area contributed by atoms with Gasteiger partial charge in [-0.05, 0) is 5.56 Å². The van der Waals surface area contributed by atoms with Crippen molar-refractivity contribution in [3.05, 3.63) is 47.8 Å². The van der Waals surface area contributed by atoms with Gasteiger partial charge in [-0.3, -0.25) is 0 Å². The number of halogens is 3. The highest BCUT2D eigenvalue weighted by Gasteiger charge is 2.24. The van der Waals surface area contributed by atoms with Crippen LogP contribution in [0.1, 0.15) is 18.4 Å². The molecule has 0 bridgehead atoms. The summed E-state index contributed by atoms with van der Waals surface area (Å²) >= 11 is 0. The Hall–Kier alpha value is -1.29. The molecule has 1 aromatic rings. The van der Waals surface area contributed by atoms with Crippen LogP contribution in [-0.4, -0.2) is 11.2 Å². The average Bonchev–Trinajstić information content (AvgIpc) is 2.27. The molecule has 82 valence electrons. The van der Waals surface area contributed by atoms with Crippen LogP contribution in [0, 0.1) is 0 Å². The highest BCUT2D eigenvalue weighted by molar-refractivity contribution is 5.22. The lowest BCUT2D eigenvalue weighted by Gasteiger charge is -2.16. The number of aliphatic hydroxyl groups is 1. The Labute approximate surface area is 85.9 Å². The maximum absolute atomic E-state index is 12.7. The lowest BCUT2D eigenvalue weighted by Crippen LogP contribution is -2.17. The van der Waals surface area contributed by atoms with Gasteiger partial charge in [0.1, 0.15) is 6.10 Å². The van der Waals surface area contributed by atoms with Crippen molar-refractivity contribution in [1.82, 2.24) is 0 Å². The van der Waals surface area contributed by atoms with Gasteiger partial charge in [0.25, 0.3) is 0 Å². The smallest absolute Gasteiger partial charge is 0.304 e. The van der Waals surface area contributed by atoms with Crippen molar-refractivity contribution in [2.45, 2.75) is 18.9 Å². The second kappa shape index (κ2) is 4.98. The van der Waals surface area contributed by atoms with Crippen LogP contribution in [0.3, 0.4) is 0 Å². The Bertz CT molecular complexity index is 344. The summed E-state index contributed by atoms with van der Waals surface area (Å²) in [5, 5.41) is 9.30. The van der Waals surface area contributed by atoms with Gasteiger partial charge in [0, 0.05) is 5.92 Å². The van der Waals surface area contributed by atoms with Crippen molar-refractivity contribution in [2.24, 2.45) is 0 Å². The molecule has 0 aliphatic rings. The van der Waals surface area contributed by atoms with Gasteiger partial charge in [0.15, 0.2) is 5.83 Å². The summed E-state index contributed by atoms with van der Waals surface area (Å²) in [7, 11) is 0. The maximum Gasteiger partial charge on any atom is 0.304 e. The predicted molar refractivity (Wildman–Crippen MR) is 51.2 cm³/mol. The Morgan fingerprint density at radius 3 is 2.13 bits per heavy atom. The van der Waals surface area contributed by atoms with Crippen LogP contribution in [0.25, 0.3) is 0 Å². The molecule has 1 rings (SSSR count). The second-order valence-corrected chi connectivity index (χ2v) is 3.25. The first kappa shape index (κ1) is 11.8. The number of benzene rings is 1. The molecule has 0 radical (unpaired) electrons. The summed E-state index contributed by atoms with van der Waals surface area (Å²) in [6, 6.07) is 8.46. The molecule has 0 amide bonds. The van der Waals surface area contributed by atoms with Gasteiger partial charge in [-0.25, -0.2) is 4.39 Å². The molecule has 0 aromatic heterocycles. The molecule has 0 spiro atoms. The monoisotopic (exact) mass is 216 g/mol. The normalized spacial score (nSPS) is 14.5. The molecule has 0 fully saturated rings. The maximum atomic E-state index is 12.7. The van der Waals surface area contributed by atoms with E-state index in [0.29, 0.717) is 5.56 Å². The quantitative estimate of drug-likeness (QED) is 0.822. The van der Waals surface area contributed by atoms with Crippen LogP contribution < -0.4 is 0 Å². The Morgan fingerprint density at radius 2 is 1.67 bits per heavy atom. The van der Waals surface area contributed by atoms with E-state index < -0.39 is 23.9 Å². The molecular weight excluding hydrogens is 205 g/mol. The fourth-order valence-electron chi connectivity index (χ4n) is 1.27. The van der Waals surface area contributed by atoms with E-state index in [0.717, 1.165) is 0 Å². The van der Waals surface area contributed by atoms with Crippen molar-refractivity contribution in [2.75, 3.05) is 0 Å². The van der Waals surface area contributed by atoms with Gasteiger partial charge < -0.3 is 5.11 Å². The minimum Gasteiger partial charge on any atom is -0.385 e. The highest BCUT2D eigenvalue weighted by Crippen LogP contribution is 2.26. The molecule has 15 heavy (non-hydrogen) atoms. The molecule has 1 N–H and O–H groups in total. The molecule has 2 unspecified atom stereocenters. The standard InChI is InChI=1S/C11H11F3O/c1-7(8-5-3-2-4-6-8)10(15)9(12)11(13)14/h2-7,10,15H,1H3. The van der Waals surface area contributed by atoms with Gasteiger partial charge in [0.2, 0.25) is 0 Å². The fraction of sp³-hybridized carbons (Fsp3) is 0.273. The minimum atomic E-state index is -2.47. The summed E-state index contributed by atoms with van der Waals surface area (Å²) < 4.78 is 36.5. The van der Waals surface area contributed by atoms with Crippen molar-refractivity contribution < 1.29 is 18.3 Å². The van der Waals surface area contributed by atoms with E-state index in [-0.39, 0.29) is 0 Å². The van der Waals surface area contributed by atoms with Crippen LogP contribution >= 0.6 is 0 Å². The van der Waals surface area contributed by atoms with Gasteiger partial charge in [-0.2, -0.15) is 8.78 Å². The average molecular weight is 216 g/mol. The third-order valence-corrected chi connectivity index (χ3v) is 2.24. The van der Waals surface area contributed by atoms with Crippen LogP contribution in [0.2, 0.25) is 0 Å². The van der Waals surface area contributed by atoms with E-state index >= 15 is 0 Å². The molecular formula is C11H11F3O. The SMILES string of the molecule is CC(c1ccccc1)C(O)C(F)=C(F)F. The van der Waals surface area contributed by atoms with Gasteiger partial charge in [0.05, 0.1) is 0 Å². The molecule has 2 atom stereocenters. The third kappa shape index (κ3) is 2.83. The van der Waals surface area contributed by atoms with E-state index in [1.54, 1.807) is 30.3 Å². The molecule has 0 aliphatic heterocycles. The summed E-state index contributed by atoms with van der Waals surface area (Å²) in [6.45, 7) is 1.49. The Balaban J connectivity index is 2.87. The fourth-order valence-corrected chi connectivity index (χ4v) is 1.27. The van der Waals surface area contributed by atoms with Crippen LogP contribution in [-0.2, 0) is 0 Å². The van der Waals surface area contributed by atoms with E-state index in [1.165, 1.54) is 6.92 Å². The molecule has 0 saturated heterocycles. The van der Waals surface area contributed by atoms with Gasteiger partial charge in [-0.1, -0.05) is 37.3 Å². The van der Waals surface area contributed by atoms with E-state index in [1.807, 2.05) is 0 Å². The van der Waals surface area contributed by atoms with Gasteiger partial charge >= 0.3 is 6.08 Å². The zero-order valence-corrected chi connectivity index (χ0v) is 8.12. The number of hydrogen-bond donors (Lipinski definition) is 1. The summed E-state index contributed by atoms with van der Waals surface area (Å²) in [5.74, 6) is -2.46. The molecule has 0 heterocycles. The van der Waals surface area contributed by atoms with E-state index in [2.05, 4.69) is 0 Å². The summed E-state index contributed by atoms with van der Waals surface area (Å²) in [5.41, 5.74) is 0.612. The zero-order chi connectivity index (χ0) is 11.4. The topological polar surface area (TPSA) is 20.2 Å².